The lowest BCUT2D eigenvalue weighted by Gasteiger charge is -2.13. The molecular formula is C20H22F3IN4. The summed E-state index contributed by atoms with van der Waals surface area (Å²) in [7, 11) is 1.63. The fourth-order valence-electron chi connectivity index (χ4n) is 2.92. The van der Waals surface area contributed by atoms with E-state index in [-0.39, 0.29) is 30.5 Å². The molecule has 0 radical (unpaired) electrons. The van der Waals surface area contributed by atoms with Crippen LogP contribution in [0.25, 0.3) is 10.9 Å². The Balaban J connectivity index is 0.00000280. The van der Waals surface area contributed by atoms with Gasteiger partial charge in [0.25, 0.3) is 0 Å². The highest BCUT2D eigenvalue weighted by Gasteiger charge is 2.30. The lowest BCUT2D eigenvalue weighted by molar-refractivity contribution is -0.137. The Morgan fingerprint density at radius 2 is 1.86 bits per heavy atom. The zero-order valence-electron chi connectivity index (χ0n) is 15.3. The van der Waals surface area contributed by atoms with Gasteiger partial charge in [0.1, 0.15) is 0 Å². The van der Waals surface area contributed by atoms with E-state index in [9.17, 15) is 13.2 Å². The summed E-state index contributed by atoms with van der Waals surface area (Å²) < 4.78 is 38.4. The Labute approximate surface area is 178 Å². The summed E-state index contributed by atoms with van der Waals surface area (Å²) in [6.07, 6.45) is -1.55. The van der Waals surface area contributed by atoms with Gasteiger partial charge < -0.3 is 15.6 Å². The van der Waals surface area contributed by atoms with Gasteiger partial charge >= 0.3 is 6.18 Å². The molecule has 0 fully saturated rings. The second-order valence-corrected chi connectivity index (χ2v) is 6.16. The van der Waals surface area contributed by atoms with Crippen LogP contribution in [0.3, 0.4) is 0 Å². The minimum atomic E-state index is -4.34. The lowest BCUT2D eigenvalue weighted by atomic mass is 10.1. The summed E-state index contributed by atoms with van der Waals surface area (Å²) in [6, 6.07) is 13.4. The maximum absolute atomic E-state index is 12.8. The Morgan fingerprint density at radius 1 is 1.07 bits per heavy atom. The SMILES string of the molecule is CN=C(NCCc1c[nH]c2ccccc12)NCc1cccc(C(F)(F)F)c1.I. The van der Waals surface area contributed by atoms with Crippen LogP contribution in [0, 0.1) is 0 Å². The topological polar surface area (TPSA) is 52.2 Å². The molecule has 8 heteroatoms. The van der Waals surface area contributed by atoms with E-state index in [4.69, 9.17) is 0 Å². The first-order chi connectivity index (χ1) is 13.0. The number of hydrogen-bond acceptors (Lipinski definition) is 1. The number of alkyl halides is 3. The van der Waals surface area contributed by atoms with Crippen LogP contribution in [0.4, 0.5) is 13.2 Å². The van der Waals surface area contributed by atoms with Crippen molar-refractivity contribution >= 4 is 40.8 Å². The third-order valence-electron chi connectivity index (χ3n) is 4.30. The van der Waals surface area contributed by atoms with Crippen molar-refractivity contribution in [3.05, 3.63) is 71.4 Å². The average molecular weight is 502 g/mol. The van der Waals surface area contributed by atoms with E-state index in [1.807, 2.05) is 24.4 Å². The van der Waals surface area contributed by atoms with Crippen LogP contribution in [0.1, 0.15) is 16.7 Å². The zero-order valence-corrected chi connectivity index (χ0v) is 17.6. The normalized spacial score (nSPS) is 11.9. The molecule has 3 rings (SSSR count). The van der Waals surface area contributed by atoms with Crippen molar-refractivity contribution in [1.29, 1.82) is 0 Å². The number of halogens is 4. The van der Waals surface area contributed by atoms with Gasteiger partial charge in [-0.25, -0.2) is 0 Å². The van der Waals surface area contributed by atoms with Crippen LogP contribution in [-0.2, 0) is 19.1 Å². The predicted molar refractivity (Wildman–Crippen MR) is 117 cm³/mol. The van der Waals surface area contributed by atoms with Gasteiger partial charge in [-0.2, -0.15) is 13.2 Å². The number of fused-ring (bicyclic) bond motifs is 1. The molecule has 0 aliphatic carbocycles. The molecule has 0 saturated carbocycles. The van der Waals surface area contributed by atoms with Gasteiger partial charge in [-0.15, -0.1) is 24.0 Å². The second kappa shape index (κ2) is 9.81. The Bertz CT molecular complexity index is 934. The van der Waals surface area contributed by atoms with Crippen LogP contribution >= 0.6 is 24.0 Å². The van der Waals surface area contributed by atoms with E-state index in [0.29, 0.717) is 18.1 Å². The molecule has 0 atom stereocenters. The maximum Gasteiger partial charge on any atom is 0.416 e. The molecule has 0 aliphatic rings. The standard InChI is InChI=1S/C20H21F3N4.HI/c1-24-19(27-12-14-5-4-6-16(11-14)20(21,22)23)25-10-9-15-13-26-18-8-3-2-7-17(15)18;/h2-8,11,13,26H,9-10,12H2,1H3,(H2,24,25,27);1H. The van der Waals surface area contributed by atoms with Crippen molar-refractivity contribution in [2.45, 2.75) is 19.1 Å². The number of aliphatic imine (C=N–C) groups is 1. The molecule has 1 aromatic heterocycles. The molecule has 4 nitrogen and oxygen atoms in total. The summed E-state index contributed by atoms with van der Waals surface area (Å²) >= 11 is 0. The van der Waals surface area contributed by atoms with E-state index in [0.717, 1.165) is 24.1 Å². The number of guanidine groups is 1. The minimum absolute atomic E-state index is 0. The van der Waals surface area contributed by atoms with E-state index < -0.39 is 11.7 Å². The quantitative estimate of drug-likeness (QED) is 0.269. The highest BCUT2D eigenvalue weighted by molar-refractivity contribution is 14.0. The largest absolute Gasteiger partial charge is 0.416 e. The number of para-hydroxylation sites is 1. The predicted octanol–water partition coefficient (Wildman–Crippen LogP) is 4.71. The third-order valence-corrected chi connectivity index (χ3v) is 4.30. The van der Waals surface area contributed by atoms with Crippen LogP contribution < -0.4 is 10.6 Å². The van der Waals surface area contributed by atoms with Crippen molar-refractivity contribution in [1.82, 2.24) is 15.6 Å². The Kier molecular flexibility index (Phi) is 7.73. The van der Waals surface area contributed by atoms with Gasteiger partial charge in [0.2, 0.25) is 0 Å². The zero-order chi connectivity index (χ0) is 19.3. The molecule has 28 heavy (non-hydrogen) atoms. The molecule has 0 spiro atoms. The molecule has 0 bridgehead atoms. The molecule has 0 unspecified atom stereocenters. The van der Waals surface area contributed by atoms with Crippen LogP contribution in [0.15, 0.2) is 59.7 Å². The fraction of sp³-hybridized carbons (Fsp3) is 0.250. The van der Waals surface area contributed by atoms with Gasteiger partial charge in [0.15, 0.2) is 5.96 Å². The van der Waals surface area contributed by atoms with Crippen LogP contribution in [0.2, 0.25) is 0 Å². The summed E-state index contributed by atoms with van der Waals surface area (Å²) in [4.78, 5) is 7.36. The molecule has 3 N–H and O–H groups in total. The monoisotopic (exact) mass is 502 g/mol. The van der Waals surface area contributed by atoms with Crippen molar-refractivity contribution < 1.29 is 13.2 Å². The summed E-state index contributed by atoms with van der Waals surface area (Å²) in [6.45, 7) is 0.917. The number of benzene rings is 2. The maximum atomic E-state index is 12.8. The van der Waals surface area contributed by atoms with E-state index in [1.54, 1.807) is 13.1 Å². The van der Waals surface area contributed by atoms with Crippen LogP contribution in [0.5, 0.6) is 0 Å². The van der Waals surface area contributed by atoms with Gasteiger partial charge in [-0.1, -0.05) is 30.3 Å². The number of aromatic amines is 1. The number of H-pyrrole nitrogens is 1. The third kappa shape index (κ3) is 5.63. The fourth-order valence-corrected chi connectivity index (χ4v) is 2.92. The minimum Gasteiger partial charge on any atom is -0.361 e. The molecule has 0 saturated heterocycles. The molecule has 150 valence electrons. The van der Waals surface area contributed by atoms with Crippen molar-refractivity contribution in [2.24, 2.45) is 4.99 Å². The van der Waals surface area contributed by atoms with Crippen molar-refractivity contribution in [3.63, 3.8) is 0 Å². The van der Waals surface area contributed by atoms with Gasteiger partial charge in [-0.3, -0.25) is 4.99 Å². The van der Waals surface area contributed by atoms with Crippen LogP contribution in [-0.4, -0.2) is 24.5 Å². The Morgan fingerprint density at radius 3 is 2.61 bits per heavy atom. The van der Waals surface area contributed by atoms with Crippen molar-refractivity contribution in [2.75, 3.05) is 13.6 Å². The second-order valence-electron chi connectivity index (χ2n) is 6.16. The Hall–Kier alpha value is -2.23. The van der Waals surface area contributed by atoms with E-state index >= 15 is 0 Å². The molecule has 3 aromatic rings. The smallest absolute Gasteiger partial charge is 0.361 e. The van der Waals surface area contributed by atoms with E-state index in [1.165, 1.54) is 17.0 Å². The molecule has 1 heterocycles. The first kappa shape index (κ1) is 22.1. The van der Waals surface area contributed by atoms with Gasteiger partial charge in [0, 0.05) is 37.2 Å². The molecule has 2 aromatic carbocycles. The van der Waals surface area contributed by atoms with Gasteiger partial charge in [0.05, 0.1) is 5.56 Å². The summed E-state index contributed by atoms with van der Waals surface area (Å²) in [5, 5.41) is 7.42. The number of nitrogens with zero attached hydrogens (tertiary/aromatic N) is 1. The molecule has 0 aliphatic heterocycles. The van der Waals surface area contributed by atoms with E-state index in [2.05, 4.69) is 26.7 Å². The highest BCUT2D eigenvalue weighted by atomic mass is 127. The number of hydrogen-bond donors (Lipinski definition) is 3. The first-order valence-corrected chi connectivity index (χ1v) is 8.63. The van der Waals surface area contributed by atoms with Crippen molar-refractivity contribution in [3.8, 4) is 0 Å². The summed E-state index contributed by atoms with van der Waals surface area (Å²) in [5.74, 6) is 0.548. The lowest BCUT2D eigenvalue weighted by Crippen LogP contribution is -2.37. The number of rotatable bonds is 5. The number of nitrogens with one attached hydrogen (secondary N) is 3. The summed E-state index contributed by atoms with van der Waals surface area (Å²) in [5.41, 5.74) is 2.19. The average Bonchev–Trinajstić information content (AvgIpc) is 3.07. The highest BCUT2D eigenvalue weighted by Crippen LogP contribution is 2.29. The number of aromatic nitrogens is 1. The molecule has 0 amide bonds. The molecular weight excluding hydrogens is 480 g/mol. The van der Waals surface area contributed by atoms with Gasteiger partial charge in [-0.05, 0) is 35.7 Å². The first-order valence-electron chi connectivity index (χ1n) is 8.63.